The maximum absolute atomic E-state index is 11.7. The van der Waals surface area contributed by atoms with Crippen molar-refractivity contribution in [3.8, 4) is 0 Å². The minimum atomic E-state index is -1.19. The van der Waals surface area contributed by atoms with Crippen LogP contribution in [0.2, 0.25) is 0 Å². The molecule has 1 aliphatic carbocycles. The summed E-state index contributed by atoms with van der Waals surface area (Å²) in [4.78, 5) is 11.7. The van der Waals surface area contributed by atoms with Crippen LogP contribution in [0.3, 0.4) is 0 Å². The smallest absolute Gasteiger partial charge is 0.193 e. The van der Waals surface area contributed by atoms with Gasteiger partial charge in [-0.3, -0.25) is 4.79 Å². The number of rotatable bonds is 1. The summed E-state index contributed by atoms with van der Waals surface area (Å²) < 4.78 is 5.13. The number of Topliss-reactive ketones (excluding diaryl/α,β-unsaturated/α-hetero) is 1. The molecule has 0 aliphatic heterocycles. The molecule has 0 radical (unpaired) electrons. The molecule has 74 valence electrons. The van der Waals surface area contributed by atoms with Gasteiger partial charge in [-0.2, -0.15) is 0 Å². The van der Waals surface area contributed by atoms with Gasteiger partial charge in [-0.15, -0.1) is 0 Å². The maximum atomic E-state index is 11.7. The minimum absolute atomic E-state index is 0.127. The zero-order valence-corrected chi connectivity index (χ0v) is 8.76. The lowest BCUT2D eigenvalue weighted by atomic mass is 9.85. The number of aliphatic hydroxyl groups is 1. The third-order valence-electron chi connectivity index (χ3n) is 3.40. The fraction of sp³-hybridized carbons (Fsp3) is 0.700. The molecule has 1 N–H and O–H groups in total. The van der Waals surface area contributed by atoms with E-state index in [0.717, 1.165) is 0 Å². The highest BCUT2D eigenvalue weighted by molar-refractivity contribution is 6.06. The average Bonchev–Trinajstić information content (AvgIpc) is 2.20. The molecule has 1 rings (SSSR count). The van der Waals surface area contributed by atoms with Crippen molar-refractivity contribution < 1.29 is 14.6 Å². The number of carbonyl (C=O) groups is 1. The van der Waals surface area contributed by atoms with Crippen LogP contribution in [-0.2, 0) is 9.53 Å². The van der Waals surface area contributed by atoms with Crippen LogP contribution in [0.25, 0.3) is 0 Å². The van der Waals surface area contributed by atoms with Crippen molar-refractivity contribution >= 4 is 5.78 Å². The minimum Gasteiger partial charge on any atom is -0.382 e. The van der Waals surface area contributed by atoms with Gasteiger partial charge in [0.2, 0.25) is 0 Å². The summed E-state index contributed by atoms with van der Waals surface area (Å²) in [5.74, 6) is -0.127. The van der Waals surface area contributed by atoms with Crippen LogP contribution in [0.1, 0.15) is 27.7 Å². The summed E-state index contributed by atoms with van der Waals surface area (Å²) in [6.07, 6.45) is 0. The molecule has 0 heterocycles. The van der Waals surface area contributed by atoms with Crippen molar-refractivity contribution in [1.29, 1.82) is 0 Å². The molecule has 0 fully saturated rings. The van der Waals surface area contributed by atoms with Gasteiger partial charge in [0, 0.05) is 7.11 Å². The molecule has 2 atom stereocenters. The first-order chi connectivity index (χ1) is 5.79. The van der Waals surface area contributed by atoms with Crippen LogP contribution in [0.4, 0.5) is 0 Å². The predicted octanol–water partition coefficient (Wildman–Crippen LogP) is 1.06. The maximum Gasteiger partial charge on any atom is 0.193 e. The zero-order chi connectivity index (χ0) is 10.4. The van der Waals surface area contributed by atoms with Crippen LogP contribution in [0.5, 0.6) is 0 Å². The van der Waals surface area contributed by atoms with Crippen LogP contribution >= 0.6 is 0 Å². The molecular formula is C10H16O3. The first-order valence-electron chi connectivity index (χ1n) is 4.29. The molecule has 3 heteroatoms. The lowest BCUT2D eigenvalue weighted by Gasteiger charge is -2.35. The summed E-state index contributed by atoms with van der Waals surface area (Å²) in [7, 11) is 1.44. The van der Waals surface area contributed by atoms with Gasteiger partial charge in [0.05, 0.1) is 0 Å². The van der Waals surface area contributed by atoms with Crippen molar-refractivity contribution in [1.82, 2.24) is 0 Å². The molecule has 13 heavy (non-hydrogen) atoms. The van der Waals surface area contributed by atoms with E-state index in [1.165, 1.54) is 7.11 Å². The van der Waals surface area contributed by atoms with Gasteiger partial charge in [0.15, 0.2) is 11.4 Å². The predicted molar refractivity (Wildman–Crippen MR) is 49.4 cm³/mol. The van der Waals surface area contributed by atoms with Gasteiger partial charge >= 0.3 is 0 Å². The highest BCUT2D eigenvalue weighted by Gasteiger charge is 2.56. The van der Waals surface area contributed by atoms with Gasteiger partial charge in [0.1, 0.15) is 5.60 Å². The highest BCUT2D eigenvalue weighted by Crippen LogP contribution is 2.42. The Morgan fingerprint density at radius 3 is 1.92 bits per heavy atom. The van der Waals surface area contributed by atoms with E-state index in [9.17, 15) is 9.90 Å². The lowest BCUT2D eigenvalue weighted by molar-refractivity contribution is -0.155. The summed E-state index contributed by atoms with van der Waals surface area (Å²) in [6.45, 7) is 6.71. The molecule has 0 aromatic carbocycles. The van der Waals surface area contributed by atoms with Gasteiger partial charge in [0.25, 0.3) is 0 Å². The molecule has 2 unspecified atom stereocenters. The van der Waals surface area contributed by atoms with Gasteiger partial charge in [-0.1, -0.05) is 0 Å². The van der Waals surface area contributed by atoms with Crippen LogP contribution < -0.4 is 0 Å². The molecule has 3 nitrogen and oxygen atoms in total. The molecule has 0 amide bonds. The van der Waals surface area contributed by atoms with E-state index in [4.69, 9.17) is 4.74 Å². The molecule has 0 bridgehead atoms. The third kappa shape index (κ3) is 1.00. The second-order valence-corrected chi connectivity index (χ2v) is 3.89. The molecule has 0 aromatic heterocycles. The second kappa shape index (κ2) is 2.66. The van der Waals surface area contributed by atoms with E-state index in [0.29, 0.717) is 11.1 Å². The van der Waals surface area contributed by atoms with Crippen molar-refractivity contribution in [3.63, 3.8) is 0 Å². The summed E-state index contributed by atoms with van der Waals surface area (Å²) in [5.41, 5.74) is -1.01. The largest absolute Gasteiger partial charge is 0.382 e. The summed E-state index contributed by atoms with van der Waals surface area (Å²) in [5, 5.41) is 10.1. The number of hydrogen-bond acceptors (Lipinski definition) is 3. The van der Waals surface area contributed by atoms with E-state index in [1.54, 1.807) is 27.7 Å². The molecule has 0 spiro atoms. The standard InChI is InChI=1S/C10H16O3/c1-6-7(2)9(3,12)10(4,13-5)8(6)11/h12H,1-5H3. The van der Waals surface area contributed by atoms with E-state index in [2.05, 4.69) is 0 Å². The van der Waals surface area contributed by atoms with E-state index < -0.39 is 11.2 Å². The molecule has 0 aromatic rings. The van der Waals surface area contributed by atoms with Crippen molar-refractivity contribution in [3.05, 3.63) is 11.1 Å². The van der Waals surface area contributed by atoms with Gasteiger partial charge < -0.3 is 9.84 Å². The molecular weight excluding hydrogens is 168 g/mol. The van der Waals surface area contributed by atoms with E-state index >= 15 is 0 Å². The Bertz CT molecular complexity index is 289. The Morgan fingerprint density at radius 2 is 1.77 bits per heavy atom. The SMILES string of the molecule is COC1(C)C(=O)C(C)=C(C)C1(C)O. The Kier molecular flexibility index (Phi) is 2.13. The number of hydrogen-bond donors (Lipinski definition) is 1. The molecule has 1 aliphatic rings. The van der Waals surface area contributed by atoms with Gasteiger partial charge in [-0.25, -0.2) is 0 Å². The van der Waals surface area contributed by atoms with E-state index in [-0.39, 0.29) is 5.78 Å². The monoisotopic (exact) mass is 184 g/mol. The first-order valence-corrected chi connectivity index (χ1v) is 4.29. The Labute approximate surface area is 78.4 Å². The van der Waals surface area contributed by atoms with Crippen LogP contribution in [0, 0.1) is 0 Å². The topological polar surface area (TPSA) is 46.5 Å². The van der Waals surface area contributed by atoms with Crippen LogP contribution in [-0.4, -0.2) is 29.2 Å². The Balaban J connectivity index is 3.30. The molecule has 0 saturated carbocycles. The number of ether oxygens (including phenoxy) is 1. The number of methoxy groups -OCH3 is 1. The normalized spacial score (nSPS) is 40.3. The second-order valence-electron chi connectivity index (χ2n) is 3.89. The Hall–Kier alpha value is -0.670. The van der Waals surface area contributed by atoms with Crippen molar-refractivity contribution in [2.24, 2.45) is 0 Å². The highest BCUT2D eigenvalue weighted by atomic mass is 16.5. The average molecular weight is 184 g/mol. The lowest BCUT2D eigenvalue weighted by Crippen LogP contribution is -2.53. The molecule has 0 saturated heterocycles. The van der Waals surface area contributed by atoms with Gasteiger partial charge in [-0.05, 0) is 38.8 Å². The number of ketones is 1. The Morgan fingerprint density at radius 1 is 1.31 bits per heavy atom. The van der Waals surface area contributed by atoms with Crippen molar-refractivity contribution in [2.75, 3.05) is 7.11 Å². The summed E-state index contributed by atoms with van der Waals surface area (Å²) in [6, 6.07) is 0. The van der Waals surface area contributed by atoms with E-state index in [1.807, 2.05) is 0 Å². The fourth-order valence-corrected chi connectivity index (χ4v) is 1.76. The first kappa shape index (κ1) is 10.4. The third-order valence-corrected chi connectivity index (χ3v) is 3.40. The quantitative estimate of drug-likeness (QED) is 0.663. The number of carbonyl (C=O) groups excluding carboxylic acids is 1. The van der Waals surface area contributed by atoms with Crippen LogP contribution in [0.15, 0.2) is 11.1 Å². The fourth-order valence-electron chi connectivity index (χ4n) is 1.76. The summed E-state index contributed by atoms with van der Waals surface area (Å²) >= 11 is 0. The zero-order valence-electron chi connectivity index (χ0n) is 8.76. The van der Waals surface area contributed by atoms with Crippen molar-refractivity contribution in [2.45, 2.75) is 38.9 Å².